The average Bonchev–Trinajstić information content (AvgIpc) is 2.71. The molecule has 132 valence electrons. The zero-order valence-electron chi connectivity index (χ0n) is 15.4. The van der Waals surface area contributed by atoms with E-state index in [1.807, 2.05) is 61.5 Å². The fourth-order valence-electron chi connectivity index (χ4n) is 3.57. The Morgan fingerprint density at radius 2 is 1.12 bits per heavy atom. The summed E-state index contributed by atoms with van der Waals surface area (Å²) in [6, 6.07) is 30.9. The maximum atomic E-state index is 12.3. The number of carbonyl (C=O) groups excluding carboxylic acids is 1. The maximum Gasteiger partial charge on any atom is 0.146 e. The number of carbonyl (C=O) groups is 1. The summed E-state index contributed by atoms with van der Waals surface area (Å²) < 4.78 is 0. The number of hydrogen-bond donors (Lipinski definition) is 1. The molecule has 0 saturated heterocycles. The van der Waals surface area contributed by atoms with E-state index < -0.39 is 5.54 Å². The van der Waals surface area contributed by atoms with Crippen molar-refractivity contribution in [3.8, 4) is 0 Å². The first kappa shape index (κ1) is 18.1. The van der Waals surface area contributed by atoms with E-state index in [1.165, 1.54) is 0 Å². The number of nitrogens with one attached hydrogen (secondary N) is 1. The molecule has 0 spiro atoms. The largest absolute Gasteiger partial charge is 0.298 e. The van der Waals surface area contributed by atoms with Crippen LogP contribution in [0.25, 0.3) is 0 Å². The Morgan fingerprint density at radius 3 is 1.38 bits per heavy atom. The van der Waals surface area contributed by atoms with Gasteiger partial charge in [-0.15, -0.1) is 0 Å². The second-order valence-corrected chi connectivity index (χ2v) is 6.56. The van der Waals surface area contributed by atoms with E-state index in [0.717, 1.165) is 23.1 Å². The predicted molar refractivity (Wildman–Crippen MR) is 107 cm³/mol. The van der Waals surface area contributed by atoms with Crippen molar-refractivity contribution >= 4 is 5.78 Å². The fraction of sp³-hybridized carbons (Fsp3) is 0.208. The summed E-state index contributed by atoms with van der Waals surface area (Å²) in [6.07, 6.45) is 0.740. The summed E-state index contributed by atoms with van der Waals surface area (Å²) in [5.74, 6) is 0.152. The van der Waals surface area contributed by atoms with E-state index in [-0.39, 0.29) is 11.8 Å². The Balaban J connectivity index is 2.29. The molecule has 0 bridgehead atoms. The lowest BCUT2D eigenvalue weighted by atomic mass is 9.76. The summed E-state index contributed by atoms with van der Waals surface area (Å²) in [7, 11) is 0. The van der Waals surface area contributed by atoms with Gasteiger partial charge in [0, 0.05) is 0 Å². The van der Waals surface area contributed by atoms with Gasteiger partial charge >= 0.3 is 0 Å². The van der Waals surface area contributed by atoms with E-state index in [1.54, 1.807) is 6.92 Å². The van der Waals surface area contributed by atoms with Gasteiger partial charge in [0.05, 0.1) is 11.6 Å². The molecular weight excluding hydrogens is 318 g/mol. The molecule has 2 heteroatoms. The maximum absolute atomic E-state index is 12.3. The van der Waals surface area contributed by atoms with Crippen molar-refractivity contribution in [2.24, 2.45) is 0 Å². The number of benzene rings is 3. The minimum absolute atomic E-state index is 0.152. The summed E-state index contributed by atoms with van der Waals surface area (Å²) >= 11 is 0. The van der Waals surface area contributed by atoms with Crippen LogP contribution < -0.4 is 5.32 Å². The lowest BCUT2D eigenvalue weighted by Crippen LogP contribution is -2.51. The fourth-order valence-corrected chi connectivity index (χ4v) is 3.57. The molecule has 0 aliphatic heterocycles. The van der Waals surface area contributed by atoms with E-state index >= 15 is 0 Å². The zero-order valence-corrected chi connectivity index (χ0v) is 15.4. The molecule has 26 heavy (non-hydrogen) atoms. The topological polar surface area (TPSA) is 29.1 Å². The Morgan fingerprint density at radius 1 is 0.769 bits per heavy atom. The van der Waals surface area contributed by atoms with E-state index in [9.17, 15) is 4.79 Å². The van der Waals surface area contributed by atoms with Crippen molar-refractivity contribution in [3.63, 3.8) is 0 Å². The first-order valence-electron chi connectivity index (χ1n) is 9.13. The highest BCUT2D eigenvalue weighted by Gasteiger charge is 2.38. The summed E-state index contributed by atoms with van der Waals surface area (Å²) in [4.78, 5) is 12.3. The van der Waals surface area contributed by atoms with Crippen LogP contribution in [-0.4, -0.2) is 11.8 Å². The van der Waals surface area contributed by atoms with Crippen LogP contribution in [0.5, 0.6) is 0 Å². The molecule has 1 unspecified atom stereocenters. The smallest absolute Gasteiger partial charge is 0.146 e. The first-order chi connectivity index (χ1) is 12.7. The van der Waals surface area contributed by atoms with Crippen LogP contribution in [0.2, 0.25) is 0 Å². The van der Waals surface area contributed by atoms with Gasteiger partial charge in [-0.2, -0.15) is 0 Å². The van der Waals surface area contributed by atoms with Crippen molar-refractivity contribution in [2.75, 3.05) is 0 Å². The highest BCUT2D eigenvalue weighted by atomic mass is 16.1. The number of hydrogen-bond acceptors (Lipinski definition) is 2. The van der Waals surface area contributed by atoms with E-state index in [4.69, 9.17) is 0 Å². The van der Waals surface area contributed by atoms with Crippen molar-refractivity contribution in [1.82, 2.24) is 5.32 Å². The summed E-state index contributed by atoms with van der Waals surface area (Å²) in [5.41, 5.74) is 2.78. The van der Waals surface area contributed by atoms with Gasteiger partial charge in [0.15, 0.2) is 0 Å². The van der Waals surface area contributed by atoms with Gasteiger partial charge in [-0.25, -0.2) is 0 Å². The molecule has 2 nitrogen and oxygen atoms in total. The number of rotatable bonds is 7. The molecule has 0 aromatic heterocycles. The molecule has 3 aromatic rings. The number of ketones is 1. The third-order valence-corrected chi connectivity index (χ3v) is 4.91. The predicted octanol–water partition coefficient (Wildman–Crippen LogP) is 4.94. The minimum atomic E-state index is -0.587. The Bertz CT molecular complexity index is 731. The van der Waals surface area contributed by atoms with Crippen molar-refractivity contribution in [3.05, 3.63) is 108 Å². The lowest BCUT2D eigenvalue weighted by molar-refractivity contribution is -0.119. The molecular formula is C24H25NO. The third-order valence-electron chi connectivity index (χ3n) is 4.91. The Labute approximate surface area is 155 Å². The highest BCUT2D eigenvalue weighted by molar-refractivity contribution is 5.81. The zero-order chi connectivity index (χ0) is 18.4. The Hall–Kier alpha value is -2.71. The van der Waals surface area contributed by atoms with E-state index in [2.05, 4.69) is 41.7 Å². The van der Waals surface area contributed by atoms with Crippen LogP contribution in [0.15, 0.2) is 91.0 Å². The molecule has 3 rings (SSSR count). The van der Waals surface area contributed by atoms with Gasteiger partial charge in [-0.05, 0) is 30.0 Å². The van der Waals surface area contributed by atoms with Gasteiger partial charge in [0.25, 0.3) is 0 Å². The first-order valence-corrected chi connectivity index (χ1v) is 9.13. The molecule has 0 aliphatic rings. The van der Waals surface area contributed by atoms with Crippen molar-refractivity contribution in [1.29, 1.82) is 0 Å². The number of Topliss-reactive ketones (excluding diaryl/α,β-unsaturated/α-hetero) is 1. The van der Waals surface area contributed by atoms with E-state index in [0.29, 0.717) is 0 Å². The Kier molecular flexibility index (Phi) is 5.65. The molecule has 0 fully saturated rings. The molecule has 0 aliphatic carbocycles. The average molecular weight is 343 g/mol. The molecule has 0 radical (unpaired) electrons. The SMILES string of the molecule is CCC(NC(c1ccccc1)(c1ccccc1)c1ccccc1)C(C)=O. The van der Waals surface area contributed by atoms with Crippen LogP contribution in [-0.2, 0) is 10.3 Å². The quantitative estimate of drug-likeness (QED) is 0.616. The van der Waals surface area contributed by atoms with Crippen LogP contribution in [0.1, 0.15) is 37.0 Å². The van der Waals surface area contributed by atoms with Gasteiger partial charge in [0.2, 0.25) is 0 Å². The third kappa shape index (κ3) is 3.47. The summed E-state index contributed by atoms with van der Waals surface area (Å²) in [6.45, 7) is 3.71. The van der Waals surface area contributed by atoms with Crippen LogP contribution in [0.4, 0.5) is 0 Å². The second kappa shape index (κ2) is 8.11. The normalized spacial score (nSPS) is 12.5. The second-order valence-electron chi connectivity index (χ2n) is 6.56. The molecule has 3 aromatic carbocycles. The van der Waals surface area contributed by atoms with Gasteiger partial charge in [-0.3, -0.25) is 10.1 Å². The molecule has 0 heterocycles. The van der Waals surface area contributed by atoms with Crippen molar-refractivity contribution < 1.29 is 4.79 Å². The van der Waals surface area contributed by atoms with Gasteiger partial charge < -0.3 is 0 Å². The monoisotopic (exact) mass is 343 g/mol. The molecule has 0 saturated carbocycles. The van der Waals surface area contributed by atoms with Crippen LogP contribution >= 0.6 is 0 Å². The standard InChI is InChI=1S/C24H25NO/c1-3-23(19(2)26)25-24(20-13-7-4-8-14-20,21-15-9-5-10-16-21)22-17-11-6-12-18-22/h4-18,23,25H,3H2,1-2H3. The highest BCUT2D eigenvalue weighted by Crippen LogP contribution is 2.37. The van der Waals surface area contributed by atoms with Crippen LogP contribution in [0, 0.1) is 0 Å². The molecule has 0 amide bonds. The van der Waals surface area contributed by atoms with Gasteiger partial charge in [0.1, 0.15) is 5.78 Å². The minimum Gasteiger partial charge on any atom is -0.298 e. The lowest BCUT2D eigenvalue weighted by Gasteiger charge is -2.39. The molecule has 1 N–H and O–H groups in total. The molecule has 1 atom stereocenters. The van der Waals surface area contributed by atoms with Crippen LogP contribution in [0.3, 0.4) is 0 Å². The summed E-state index contributed by atoms with van der Waals surface area (Å²) in [5, 5.41) is 3.72. The van der Waals surface area contributed by atoms with Gasteiger partial charge in [-0.1, -0.05) is 97.9 Å². The van der Waals surface area contributed by atoms with Crippen molar-refractivity contribution in [2.45, 2.75) is 31.8 Å².